The second kappa shape index (κ2) is 6.95. The van der Waals surface area contributed by atoms with Crippen molar-refractivity contribution in [3.8, 4) is 0 Å². The molecule has 1 amide bonds. The van der Waals surface area contributed by atoms with Crippen LogP contribution in [0, 0.1) is 5.82 Å². The maximum Gasteiger partial charge on any atom is 0.261 e. The van der Waals surface area contributed by atoms with Crippen LogP contribution < -0.4 is 5.56 Å². The fourth-order valence-electron chi connectivity index (χ4n) is 3.81. The van der Waals surface area contributed by atoms with Gasteiger partial charge in [-0.15, -0.1) is 0 Å². The molecule has 1 heterocycles. The first-order valence-electron chi connectivity index (χ1n) is 9.03. The van der Waals surface area contributed by atoms with E-state index in [-0.39, 0.29) is 24.1 Å². The minimum absolute atomic E-state index is 0.0145. The molecule has 0 saturated carbocycles. The fraction of sp³-hybridized carbons (Fsp3) is 0.286. The lowest BCUT2D eigenvalue weighted by molar-refractivity contribution is -0.133. The highest BCUT2D eigenvalue weighted by Crippen LogP contribution is 2.33. The number of benzene rings is 2. The SMILES string of the molecule is CN(C(=O)Cn1cnc2cc(F)ccc2c1=O)C1CCCc2ccccc21. The van der Waals surface area contributed by atoms with Crippen LogP contribution in [0.1, 0.15) is 30.0 Å². The Hall–Kier alpha value is -3.02. The van der Waals surface area contributed by atoms with Gasteiger partial charge in [-0.1, -0.05) is 24.3 Å². The molecule has 0 aliphatic heterocycles. The van der Waals surface area contributed by atoms with E-state index in [1.807, 2.05) is 12.1 Å². The van der Waals surface area contributed by atoms with Gasteiger partial charge in [0.2, 0.25) is 5.91 Å². The molecule has 2 aromatic carbocycles. The Morgan fingerprint density at radius 1 is 1.30 bits per heavy atom. The molecule has 3 aromatic rings. The minimum atomic E-state index is -0.445. The normalized spacial score (nSPS) is 16.1. The first-order valence-corrected chi connectivity index (χ1v) is 9.03. The highest BCUT2D eigenvalue weighted by atomic mass is 19.1. The quantitative estimate of drug-likeness (QED) is 0.717. The van der Waals surface area contributed by atoms with Crippen molar-refractivity contribution in [2.45, 2.75) is 31.8 Å². The van der Waals surface area contributed by atoms with Crippen LogP contribution in [0.15, 0.2) is 53.6 Å². The molecule has 1 atom stereocenters. The van der Waals surface area contributed by atoms with Crippen molar-refractivity contribution >= 4 is 16.8 Å². The third-order valence-electron chi connectivity index (χ3n) is 5.29. The molecule has 0 N–H and O–H groups in total. The Morgan fingerprint density at radius 3 is 2.96 bits per heavy atom. The fourth-order valence-corrected chi connectivity index (χ4v) is 3.81. The molecule has 0 bridgehead atoms. The van der Waals surface area contributed by atoms with E-state index in [0.717, 1.165) is 19.3 Å². The van der Waals surface area contributed by atoms with Gasteiger partial charge < -0.3 is 4.90 Å². The summed E-state index contributed by atoms with van der Waals surface area (Å²) in [6.07, 6.45) is 4.27. The molecule has 1 aliphatic rings. The molecular weight excluding hydrogens is 345 g/mol. The van der Waals surface area contributed by atoms with E-state index in [1.54, 1.807) is 11.9 Å². The lowest BCUT2D eigenvalue weighted by atomic mass is 9.87. The summed E-state index contributed by atoms with van der Waals surface area (Å²) < 4.78 is 14.6. The van der Waals surface area contributed by atoms with Crippen molar-refractivity contribution in [2.24, 2.45) is 0 Å². The third kappa shape index (κ3) is 3.23. The number of likely N-dealkylation sites (N-methyl/N-ethyl adjacent to an activating group) is 1. The number of carbonyl (C=O) groups is 1. The van der Waals surface area contributed by atoms with Gasteiger partial charge in [0.15, 0.2) is 0 Å². The van der Waals surface area contributed by atoms with Crippen LogP contribution >= 0.6 is 0 Å². The number of rotatable bonds is 3. The highest BCUT2D eigenvalue weighted by molar-refractivity contribution is 5.79. The molecule has 5 nitrogen and oxygen atoms in total. The predicted molar refractivity (Wildman–Crippen MR) is 101 cm³/mol. The van der Waals surface area contributed by atoms with E-state index >= 15 is 0 Å². The van der Waals surface area contributed by atoms with Gasteiger partial charge in [-0.25, -0.2) is 9.37 Å². The average molecular weight is 365 g/mol. The van der Waals surface area contributed by atoms with Crippen molar-refractivity contribution in [1.82, 2.24) is 14.5 Å². The van der Waals surface area contributed by atoms with E-state index in [4.69, 9.17) is 0 Å². The van der Waals surface area contributed by atoms with Gasteiger partial charge in [-0.05, 0) is 42.5 Å². The number of halogens is 1. The van der Waals surface area contributed by atoms with Gasteiger partial charge in [0, 0.05) is 13.1 Å². The number of aromatic nitrogens is 2. The monoisotopic (exact) mass is 365 g/mol. The molecule has 4 rings (SSSR count). The van der Waals surface area contributed by atoms with Gasteiger partial charge >= 0.3 is 0 Å². The van der Waals surface area contributed by atoms with Crippen LogP contribution in [0.3, 0.4) is 0 Å². The van der Waals surface area contributed by atoms with Gasteiger partial charge in [-0.3, -0.25) is 14.2 Å². The van der Waals surface area contributed by atoms with Crippen LogP contribution in [0.4, 0.5) is 4.39 Å². The van der Waals surface area contributed by atoms with Crippen molar-refractivity contribution < 1.29 is 9.18 Å². The standard InChI is InChI=1S/C21H20FN3O2/c1-24(19-8-4-6-14-5-2-3-7-16(14)19)20(26)12-25-13-23-18-11-15(22)9-10-17(18)21(25)27/h2-3,5,7,9-11,13,19H,4,6,8,12H2,1H3. The van der Waals surface area contributed by atoms with Crippen molar-refractivity contribution in [3.05, 3.63) is 76.1 Å². The summed E-state index contributed by atoms with van der Waals surface area (Å²) in [4.78, 5) is 31.3. The molecule has 0 radical (unpaired) electrons. The van der Waals surface area contributed by atoms with Gasteiger partial charge in [0.05, 0.1) is 23.3 Å². The van der Waals surface area contributed by atoms with Crippen molar-refractivity contribution in [1.29, 1.82) is 0 Å². The zero-order chi connectivity index (χ0) is 19.0. The van der Waals surface area contributed by atoms with Gasteiger partial charge in [0.25, 0.3) is 5.56 Å². The van der Waals surface area contributed by atoms with E-state index in [2.05, 4.69) is 17.1 Å². The van der Waals surface area contributed by atoms with E-state index < -0.39 is 5.82 Å². The molecule has 6 heteroatoms. The van der Waals surface area contributed by atoms with E-state index in [1.165, 1.54) is 40.2 Å². The predicted octanol–water partition coefficient (Wildman–Crippen LogP) is 3.07. The Bertz CT molecular complexity index is 1080. The smallest absolute Gasteiger partial charge is 0.261 e. The molecule has 1 aromatic heterocycles. The number of fused-ring (bicyclic) bond motifs is 2. The number of carbonyl (C=O) groups excluding carboxylic acids is 1. The van der Waals surface area contributed by atoms with Crippen molar-refractivity contribution in [2.75, 3.05) is 7.05 Å². The second-order valence-corrected chi connectivity index (χ2v) is 6.95. The number of hydrogen-bond acceptors (Lipinski definition) is 3. The van der Waals surface area contributed by atoms with Crippen LogP contribution in [0.5, 0.6) is 0 Å². The van der Waals surface area contributed by atoms with Crippen molar-refractivity contribution in [3.63, 3.8) is 0 Å². The Morgan fingerprint density at radius 2 is 2.11 bits per heavy atom. The van der Waals surface area contributed by atoms with E-state index in [9.17, 15) is 14.0 Å². The summed E-state index contributed by atoms with van der Waals surface area (Å²) in [6.45, 7) is -0.0890. The maximum absolute atomic E-state index is 13.3. The number of nitrogens with zero attached hydrogens (tertiary/aromatic N) is 3. The summed E-state index contributed by atoms with van der Waals surface area (Å²) >= 11 is 0. The van der Waals surface area contributed by atoms with E-state index in [0.29, 0.717) is 10.9 Å². The lowest BCUT2D eigenvalue weighted by Gasteiger charge is -2.33. The maximum atomic E-state index is 13.3. The zero-order valence-electron chi connectivity index (χ0n) is 15.1. The summed E-state index contributed by atoms with van der Waals surface area (Å²) in [5.41, 5.74) is 2.41. The first kappa shape index (κ1) is 17.4. The Balaban J connectivity index is 1.60. The summed E-state index contributed by atoms with van der Waals surface area (Å²) in [7, 11) is 1.78. The van der Waals surface area contributed by atoms with Crippen LogP contribution in [0.25, 0.3) is 10.9 Å². The van der Waals surface area contributed by atoms with Crippen LogP contribution in [-0.4, -0.2) is 27.4 Å². The Labute approximate surface area is 156 Å². The Kier molecular flexibility index (Phi) is 4.48. The molecule has 0 spiro atoms. The summed E-state index contributed by atoms with van der Waals surface area (Å²) in [5.74, 6) is -0.596. The van der Waals surface area contributed by atoms with Gasteiger partial charge in [-0.2, -0.15) is 0 Å². The third-order valence-corrected chi connectivity index (χ3v) is 5.29. The molecular formula is C21H20FN3O2. The number of aryl methyl sites for hydroxylation is 1. The topological polar surface area (TPSA) is 55.2 Å². The second-order valence-electron chi connectivity index (χ2n) is 6.95. The molecule has 27 heavy (non-hydrogen) atoms. The summed E-state index contributed by atoms with van der Waals surface area (Å²) in [6, 6.07) is 12.1. The zero-order valence-corrected chi connectivity index (χ0v) is 15.1. The summed E-state index contributed by atoms with van der Waals surface area (Å²) in [5, 5.41) is 0.303. The van der Waals surface area contributed by atoms with Crippen LogP contribution in [-0.2, 0) is 17.8 Å². The molecule has 138 valence electrons. The first-order chi connectivity index (χ1) is 13.0. The number of amides is 1. The largest absolute Gasteiger partial charge is 0.337 e. The number of hydrogen-bond donors (Lipinski definition) is 0. The highest BCUT2D eigenvalue weighted by Gasteiger charge is 2.26. The molecule has 1 unspecified atom stereocenters. The average Bonchev–Trinajstić information content (AvgIpc) is 2.69. The molecule has 0 saturated heterocycles. The lowest BCUT2D eigenvalue weighted by Crippen LogP contribution is -2.37. The molecule has 0 fully saturated rings. The van der Waals surface area contributed by atoms with Crippen LogP contribution in [0.2, 0.25) is 0 Å². The minimum Gasteiger partial charge on any atom is -0.337 e. The van der Waals surface area contributed by atoms with Gasteiger partial charge in [0.1, 0.15) is 12.4 Å². The molecule has 1 aliphatic carbocycles.